The second-order valence-electron chi connectivity index (χ2n) is 5.43. The summed E-state index contributed by atoms with van der Waals surface area (Å²) in [7, 11) is 3.07. The van der Waals surface area contributed by atoms with Crippen LogP contribution in [0.25, 0.3) is 0 Å². The van der Waals surface area contributed by atoms with Gasteiger partial charge in [0.15, 0.2) is 11.5 Å². The van der Waals surface area contributed by atoms with Crippen molar-refractivity contribution in [2.75, 3.05) is 20.8 Å². The highest BCUT2D eigenvalue weighted by Gasteiger charge is 2.24. The first-order valence-electron chi connectivity index (χ1n) is 7.85. The van der Waals surface area contributed by atoms with Gasteiger partial charge in [0.05, 0.1) is 19.1 Å². The molecule has 1 amide bonds. The number of halogens is 1. The lowest BCUT2D eigenvalue weighted by Gasteiger charge is -2.21. The van der Waals surface area contributed by atoms with Crippen LogP contribution < -0.4 is 9.47 Å². The van der Waals surface area contributed by atoms with E-state index in [0.29, 0.717) is 18.0 Å². The molecule has 26 heavy (non-hydrogen) atoms. The summed E-state index contributed by atoms with van der Waals surface area (Å²) < 4.78 is 10.5. The van der Waals surface area contributed by atoms with Crippen LogP contribution in [0.15, 0.2) is 36.4 Å². The Morgan fingerprint density at radius 2 is 1.85 bits per heavy atom. The molecule has 0 spiro atoms. The molecular weight excluding hydrogens is 360 g/mol. The van der Waals surface area contributed by atoms with Crippen molar-refractivity contribution in [3.05, 3.63) is 62.7 Å². The number of hydrogen-bond acceptors (Lipinski definition) is 5. The molecule has 0 radical (unpaired) electrons. The number of methoxy groups -OCH3 is 2. The lowest BCUT2D eigenvalue weighted by atomic mass is 10.1. The monoisotopic (exact) mass is 378 g/mol. The van der Waals surface area contributed by atoms with Crippen molar-refractivity contribution in [2.24, 2.45) is 0 Å². The van der Waals surface area contributed by atoms with Crippen LogP contribution in [0.2, 0.25) is 5.02 Å². The van der Waals surface area contributed by atoms with Gasteiger partial charge in [-0.1, -0.05) is 17.7 Å². The maximum Gasteiger partial charge on any atom is 0.282 e. The van der Waals surface area contributed by atoms with Crippen molar-refractivity contribution in [3.8, 4) is 11.5 Å². The fourth-order valence-electron chi connectivity index (χ4n) is 2.54. The van der Waals surface area contributed by atoms with E-state index >= 15 is 0 Å². The number of ether oxygens (including phenoxy) is 2. The molecular formula is C18H19ClN2O5. The normalized spacial score (nSPS) is 10.3. The highest BCUT2D eigenvalue weighted by molar-refractivity contribution is 6.31. The van der Waals surface area contributed by atoms with Gasteiger partial charge in [-0.15, -0.1) is 0 Å². The summed E-state index contributed by atoms with van der Waals surface area (Å²) in [6.07, 6.45) is 0. The molecule has 8 heteroatoms. The van der Waals surface area contributed by atoms with Crippen molar-refractivity contribution in [3.63, 3.8) is 0 Å². The fourth-order valence-corrected chi connectivity index (χ4v) is 2.71. The van der Waals surface area contributed by atoms with Gasteiger partial charge in [0.2, 0.25) is 0 Å². The third-order valence-electron chi connectivity index (χ3n) is 3.88. The predicted octanol–water partition coefficient (Wildman–Crippen LogP) is 3.93. The maximum absolute atomic E-state index is 12.8. The summed E-state index contributed by atoms with van der Waals surface area (Å²) in [5, 5.41) is 11.5. The Morgan fingerprint density at radius 3 is 2.42 bits per heavy atom. The first kappa shape index (κ1) is 19.5. The van der Waals surface area contributed by atoms with Gasteiger partial charge >= 0.3 is 0 Å². The van der Waals surface area contributed by atoms with Crippen molar-refractivity contribution >= 4 is 23.2 Å². The van der Waals surface area contributed by atoms with Crippen LogP contribution in [-0.4, -0.2) is 36.5 Å². The number of amides is 1. The molecule has 0 unspecified atom stereocenters. The van der Waals surface area contributed by atoms with E-state index in [0.717, 1.165) is 5.56 Å². The van der Waals surface area contributed by atoms with Gasteiger partial charge < -0.3 is 14.4 Å². The zero-order valence-electron chi connectivity index (χ0n) is 14.7. The molecule has 0 bridgehead atoms. The number of carbonyl (C=O) groups excluding carboxylic acids is 1. The molecule has 138 valence electrons. The average Bonchev–Trinajstić information content (AvgIpc) is 2.64. The molecule has 0 aliphatic heterocycles. The summed E-state index contributed by atoms with van der Waals surface area (Å²) in [5.41, 5.74) is 0.498. The van der Waals surface area contributed by atoms with E-state index in [4.69, 9.17) is 21.1 Å². The minimum atomic E-state index is -0.589. The van der Waals surface area contributed by atoms with Gasteiger partial charge in [0, 0.05) is 24.2 Å². The van der Waals surface area contributed by atoms with Crippen LogP contribution in [-0.2, 0) is 6.54 Å². The summed E-state index contributed by atoms with van der Waals surface area (Å²) in [6, 6.07) is 9.26. The molecule has 2 aromatic carbocycles. The van der Waals surface area contributed by atoms with Crippen molar-refractivity contribution in [2.45, 2.75) is 13.5 Å². The highest BCUT2D eigenvalue weighted by atomic mass is 35.5. The van der Waals surface area contributed by atoms with Crippen LogP contribution in [0, 0.1) is 10.1 Å². The lowest BCUT2D eigenvalue weighted by molar-refractivity contribution is -0.385. The minimum absolute atomic E-state index is 0.0372. The van der Waals surface area contributed by atoms with Crippen LogP contribution in [0.1, 0.15) is 22.8 Å². The third-order valence-corrected chi connectivity index (χ3v) is 4.11. The highest BCUT2D eigenvalue weighted by Crippen LogP contribution is 2.29. The van der Waals surface area contributed by atoms with Crippen molar-refractivity contribution < 1.29 is 19.2 Å². The molecule has 2 aromatic rings. The number of nitro benzene ring substituents is 1. The number of nitro groups is 1. The molecule has 0 atom stereocenters. The van der Waals surface area contributed by atoms with E-state index in [1.165, 1.54) is 37.3 Å². The van der Waals surface area contributed by atoms with Gasteiger partial charge in [0.1, 0.15) is 5.56 Å². The predicted molar refractivity (Wildman–Crippen MR) is 98.1 cm³/mol. The maximum atomic E-state index is 12.8. The van der Waals surface area contributed by atoms with Crippen LogP contribution in [0.5, 0.6) is 11.5 Å². The molecule has 2 rings (SSSR count). The van der Waals surface area contributed by atoms with E-state index in [9.17, 15) is 14.9 Å². The molecule has 0 aromatic heterocycles. The number of hydrogen-bond donors (Lipinski definition) is 0. The first-order chi connectivity index (χ1) is 12.4. The first-order valence-corrected chi connectivity index (χ1v) is 8.23. The molecule has 0 N–H and O–H groups in total. The molecule has 0 aliphatic carbocycles. The summed E-state index contributed by atoms with van der Waals surface area (Å²) >= 11 is 5.92. The lowest BCUT2D eigenvalue weighted by Crippen LogP contribution is -2.30. The van der Waals surface area contributed by atoms with E-state index in [1.807, 2.05) is 6.07 Å². The standard InChI is InChI=1S/C18H19ClN2O5/c1-4-20(11-12-5-8-16(25-2)17(9-12)26-3)18(22)14-10-13(19)6-7-15(14)21(23)24/h5-10H,4,11H2,1-3H3. The molecule has 7 nitrogen and oxygen atoms in total. The smallest absolute Gasteiger partial charge is 0.282 e. The van der Waals surface area contributed by atoms with E-state index in [2.05, 4.69) is 0 Å². The summed E-state index contributed by atoms with van der Waals surface area (Å²) in [5.74, 6) is 0.662. The van der Waals surface area contributed by atoms with Crippen molar-refractivity contribution in [1.82, 2.24) is 4.90 Å². The Labute approximate surface area is 156 Å². The van der Waals surface area contributed by atoms with E-state index in [-0.39, 0.29) is 22.8 Å². The van der Waals surface area contributed by atoms with Gasteiger partial charge in [-0.25, -0.2) is 0 Å². The average molecular weight is 379 g/mol. The van der Waals surface area contributed by atoms with E-state index < -0.39 is 10.8 Å². The molecule has 0 heterocycles. The Bertz CT molecular complexity index is 825. The van der Waals surface area contributed by atoms with Crippen LogP contribution >= 0.6 is 11.6 Å². The Balaban J connectivity index is 2.33. The molecule has 0 saturated carbocycles. The van der Waals surface area contributed by atoms with Crippen LogP contribution in [0.3, 0.4) is 0 Å². The summed E-state index contributed by atoms with van der Waals surface area (Å²) in [4.78, 5) is 25.0. The van der Waals surface area contributed by atoms with Gasteiger partial charge in [-0.2, -0.15) is 0 Å². The minimum Gasteiger partial charge on any atom is -0.493 e. The molecule has 0 fully saturated rings. The second-order valence-corrected chi connectivity index (χ2v) is 5.86. The van der Waals surface area contributed by atoms with Gasteiger partial charge in [-0.05, 0) is 36.8 Å². The Morgan fingerprint density at radius 1 is 1.15 bits per heavy atom. The zero-order chi connectivity index (χ0) is 19.3. The molecule has 0 saturated heterocycles. The number of carbonyl (C=O) groups is 1. The third kappa shape index (κ3) is 4.23. The largest absolute Gasteiger partial charge is 0.493 e. The van der Waals surface area contributed by atoms with Crippen molar-refractivity contribution in [1.29, 1.82) is 0 Å². The fraction of sp³-hybridized carbons (Fsp3) is 0.278. The quantitative estimate of drug-likeness (QED) is 0.538. The summed E-state index contributed by atoms with van der Waals surface area (Å²) in [6.45, 7) is 2.44. The number of benzene rings is 2. The van der Waals surface area contributed by atoms with Crippen LogP contribution in [0.4, 0.5) is 5.69 Å². The Kier molecular flexibility index (Phi) is 6.41. The SMILES string of the molecule is CCN(Cc1ccc(OC)c(OC)c1)C(=O)c1cc(Cl)ccc1[N+](=O)[O-]. The Hall–Kier alpha value is -2.80. The zero-order valence-corrected chi connectivity index (χ0v) is 15.4. The topological polar surface area (TPSA) is 81.9 Å². The van der Waals surface area contributed by atoms with Gasteiger partial charge in [-0.3, -0.25) is 14.9 Å². The van der Waals surface area contributed by atoms with Gasteiger partial charge in [0.25, 0.3) is 11.6 Å². The van der Waals surface area contributed by atoms with E-state index in [1.54, 1.807) is 19.1 Å². The number of rotatable bonds is 7. The second kappa shape index (κ2) is 8.53. The number of nitrogens with zero attached hydrogens (tertiary/aromatic N) is 2. The molecule has 0 aliphatic rings.